The molecule has 3 heteroatoms. The molecular formula is C12H11ClN2. The number of nitrogens with zero attached hydrogens (tertiary/aromatic N) is 2. The molecule has 0 aliphatic carbocycles. The number of nitriles is 1. The van der Waals surface area contributed by atoms with Crippen molar-refractivity contribution in [1.29, 1.82) is 5.26 Å². The van der Waals surface area contributed by atoms with Gasteiger partial charge in [0.25, 0.3) is 0 Å². The summed E-state index contributed by atoms with van der Waals surface area (Å²) in [4.78, 5) is 0. The summed E-state index contributed by atoms with van der Waals surface area (Å²) in [5.74, 6) is 0. The Morgan fingerprint density at radius 1 is 1.47 bits per heavy atom. The lowest BCUT2D eigenvalue weighted by Crippen LogP contribution is -1.87. The lowest BCUT2D eigenvalue weighted by molar-refractivity contribution is 0.956. The smallest absolute Gasteiger partial charge is 0.0670 e. The Labute approximate surface area is 93.7 Å². The Bertz CT molecular complexity index is 561. The number of fused-ring (bicyclic) bond motifs is 1. The van der Waals surface area contributed by atoms with Crippen LogP contribution >= 0.6 is 11.6 Å². The quantitative estimate of drug-likeness (QED) is 0.723. The third kappa shape index (κ3) is 1.49. The second kappa shape index (κ2) is 3.60. The van der Waals surface area contributed by atoms with Crippen molar-refractivity contribution >= 4 is 22.5 Å². The number of halogens is 1. The van der Waals surface area contributed by atoms with Crippen LogP contribution in [-0.2, 0) is 13.5 Å². The summed E-state index contributed by atoms with van der Waals surface area (Å²) in [6.45, 7) is 2.00. The van der Waals surface area contributed by atoms with Gasteiger partial charge in [-0.2, -0.15) is 5.26 Å². The van der Waals surface area contributed by atoms with Crippen molar-refractivity contribution in [3.63, 3.8) is 0 Å². The molecule has 0 unspecified atom stereocenters. The van der Waals surface area contributed by atoms with Gasteiger partial charge in [0.05, 0.1) is 18.0 Å². The van der Waals surface area contributed by atoms with Gasteiger partial charge in [0.2, 0.25) is 0 Å². The summed E-state index contributed by atoms with van der Waals surface area (Å²) >= 11 is 6.07. The molecule has 0 amide bonds. The molecule has 0 aliphatic rings. The van der Waals surface area contributed by atoms with Crippen LogP contribution in [0.2, 0.25) is 5.02 Å². The molecule has 0 aliphatic heterocycles. The summed E-state index contributed by atoms with van der Waals surface area (Å²) in [5, 5.41) is 10.6. The maximum atomic E-state index is 8.73. The van der Waals surface area contributed by atoms with E-state index in [-0.39, 0.29) is 0 Å². The average molecular weight is 219 g/mol. The number of rotatable bonds is 1. The van der Waals surface area contributed by atoms with Gasteiger partial charge in [-0.3, -0.25) is 0 Å². The Morgan fingerprint density at radius 2 is 2.20 bits per heavy atom. The van der Waals surface area contributed by atoms with Crippen LogP contribution in [0.4, 0.5) is 0 Å². The molecule has 2 aromatic rings. The van der Waals surface area contributed by atoms with E-state index in [0.29, 0.717) is 6.42 Å². The molecule has 0 saturated heterocycles. The number of aromatic nitrogens is 1. The molecular weight excluding hydrogens is 208 g/mol. The van der Waals surface area contributed by atoms with Crippen molar-refractivity contribution in [1.82, 2.24) is 4.57 Å². The summed E-state index contributed by atoms with van der Waals surface area (Å²) < 4.78 is 2.03. The Balaban J connectivity index is 2.81. The zero-order chi connectivity index (χ0) is 11.0. The molecule has 1 aromatic carbocycles. The number of benzene rings is 1. The highest BCUT2D eigenvalue weighted by molar-refractivity contribution is 6.32. The molecule has 2 rings (SSSR count). The van der Waals surface area contributed by atoms with E-state index in [1.807, 2.05) is 36.9 Å². The van der Waals surface area contributed by atoms with Crippen molar-refractivity contribution in [2.24, 2.45) is 7.05 Å². The number of aryl methyl sites for hydroxylation is 2. The highest BCUT2D eigenvalue weighted by Crippen LogP contribution is 2.28. The lowest BCUT2D eigenvalue weighted by atomic mass is 10.1. The van der Waals surface area contributed by atoms with Crippen LogP contribution in [0, 0.1) is 18.3 Å². The van der Waals surface area contributed by atoms with E-state index in [1.165, 1.54) is 0 Å². The zero-order valence-electron chi connectivity index (χ0n) is 8.71. The Hall–Kier alpha value is -1.46. The van der Waals surface area contributed by atoms with E-state index < -0.39 is 0 Å². The minimum atomic E-state index is 0.443. The van der Waals surface area contributed by atoms with Gasteiger partial charge in [-0.05, 0) is 24.1 Å². The molecule has 76 valence electrons. The van der Waals surface area contributed by atoms with E-state index >= 15 is 0 Å². The topological polar surface area (TPSA) is 28.7 Å². The maximum Gasteiger partial charge on any atom is 0.0670 e. The fraction of sp³-hybridized carbons (Fsp3) is 0.250. The molecule has 0 fully saturated rings. The largest absolute Gasteiger partial charge is 0.350 e. The molecule has 0 saturated carbocycles. The third-order valence-corrected chi connectivity index (χ3v) is 3.09. The fourth-order valence-electron chi connectivity index (χ4n) is 1.98. The van der Waals surface area contributed by atoms with E-state index in [1.54, 1.807) is 0 Å². The first-order chi connectivity index (χ1) is 7.15. The molecule has 1 heterocycles. The highest BCUT2D eigenvalue weighted by Gasteiger charge is 2.10. The summed E-state index contributed by atoms with van der Waals surface area (Å²) in [7, 11) is 1.98. The molecule has 0 bridgehead atoms. The monoisotopic (exact) mass is 218 g/mol. The van der Waals surface area contributed by atoms with Gasteiger partial charge in [-0.15, -0.1) is 0 Å². The SMILES string of the molecule is Cc1c(Cl)ccc2c(CC#N)cn(C)c12. The minimum Gasteiger partial charge on any atom is -0.350 e. The molecule has 0 N–H and O–H groups in total. The standard InChI is InChI=1S/C12H11ClN2/c1-8-11(13)4-3-10-9(5-6-14)7-15(2)12(8)10/h3-4,7H,5H2,1-2H3. The van der Waals surface area contributed by atoms with Gasteiger partial charge in [0.15, 0.2) is 0 Å². The first kappa shape index (κ1) is 10.1. The van der Waals surface area contributed by atoms with Crippen molar-refractivity contribution in [2.45, 2.75) is 13.3 Å². The van der Waals surface area contributed by atoms with Crippen molar-refractivity contribution < 1.29 is 0 Å². The first-order valence-corrected chi connectivity index (χ1v) is 5.13. The van der Waals surface area contributed by atoms with Crippen LogP contribution in [0.5, 0.6) is 0 Å². The molecule has 2 nitrogen and oxygen atoms in total. The normalized spacial score (nSPS) is 10.5. The van der Waals surface area contributed by atoms with Crippen LogP contribution in [-0.4, -0.2) is 4.57 Å². The van der Waals surface area contributed by atoms with Gasteiger partial charge in [-0.25, -0.2) is 0 Å². The van der Waals surface area contributed by atoms with E-state index in [0.717, 1.165) is 27.1 Å². The van der Waals surface area contributed by atoms with Gasteiger partial charge >= 0.3 is 0 Å². The second-order valence-corrected chi connectivity index (χ2v) is 4.08. The lowest BCUT2D eigenvalue weighted by Gasteiger charge is -2.02. The number of hydrogen-bond donors (Lipinski definition) is 0. The van der Waals surface area contributed by atoms with Crippen LogP contribution < -0.4 is 0 Å². The first-order valence-electron chi connectivity index (χ1n) is 4.75. The van der Waals surface area contributed by atoms with Crippen molar-refractivity contribution in [3.8, 4) is 6.07 Å². The van der Waals surface area contributed by atoms with E-state index in [4.69, 9.17) is 16.9 Å². The molecule has 1 aromatic heterocycles. The van der Waals surface area contributed by atoms with Crippen LogP contribution in [0.3, 0.4) is 0 Å². The Kier molecular flexibility index (Phi) is 2.42. The van der Waals surface area contributed by atoms with Gasteiger partial charge < -0.3 is 4.57 Å². The fourth-order valence-corrected chi connectivity index (χ4v) is 2.14. The van der Waals surface area contributed by atoms with Crippen LogP contribution in [0.25, 0.3) is 10.9 Å². The zero-order valence-corrected chi connectivity index (χ0v) is 9.47. The Morgan fingerprint density at radius 3 is 2.87 bits per heavy atom. The number of hydrogen-bond acceptors (Lipinski definition) is 1. The van der Waals surface area contributed by atoms with Crippen molar-refractivity contribution in [3.05, 3.63) is 34.5 Å². The predicted molar refractivity (Wildman–Crippen MR) is 62.0 cm³/mol. The van der Waals surface area contributed by atoms with Gasteiger partial charge in [0, 0.05) is 23.7 Å². The maximum absolute atomic E-state index is 8.73. The third-order valence-electron chi connectivity index (χ3n) is 2.68. The summed E-state index contributed by atoms with van der Waals surface area (Å²) in [6.07, 6.45) is 2.44. The van der Waals surface area contributed by atoms with Crippen molar-refractivity contribution in [2.75, 3.05) is 0 Å². The van der Waals surface area contributed by atoms with Gasteiger partial charge in [0.1, 0.15) is 0 Å². The van der Waals surface area contributed by atoms with Crippen LogP contribution in [0.15, 0.2) is 18.3 Å². The molecule has 15 heavy (non-hydrogen) atoms. The molecule has 0 radical (unpaired) electrons. The molecule has 0 spiro atoms. The molecule has 0 atom stereocenters. The summed E-state index contributed by atoms with van der Waals surface area (Å²) in [5.41, 5.74) is 3.25. The second-order valence-electron chi connectivity index (χ2n) is 3.67. The average Bonchev–Trinajstić information content (AvgIpc) is 2.51. The minimum absolute atomic E-state index is 0.443. The summed E-state index contributed by atoms with van der Waals surface area (Å²) in [6, 6.07) is 6.05. The van der Waals surface area contributed by atoms with Crippen LogP contribution in [0.1, 0.15) is 11.1 Å². The highest BCUT2D eigenvalue weighted by atomic mass is 35.5. The van der Waals surface area contributed by atoms with E-state index in [2.05, 4.69) is 6.07 Å². The predicted octanol–water partition coefficient (Wildman–Crippen LogP) is 3.21. The van der Waals surface area contributed by atoms with E-state index in [9.17, 15) is 0 Å². The van der Waals surface area contributed by atoms with Gasteiger partial charge in [-0.1, -0.05) is 17.7 Å².